The summed E-state index contributed by atoms with van der Waals surface area (Å²) in [6, 6.07) is 0. The monoisotopic (exact) mass is 98.0 g/mol. The molecule has 0 aromatic rings. The van der Waals surface area contributed by atoms with E-state index in [1.165, 1.54) is 0 Å². The van der Waals surface area contributed by atoms with E-state index in [9.17, 15) is 0 Å². The van der Waals surface area contributed by atoms with E-state index >= 15 is 0 Å². The zero-order valence-corrected chi connectivity index (χ0v) is 5.05. The molecule has 0 saturated carbocycles. The predicted molar refractivity (Wildman–Crippen MR) is 21.2 cm³/mol. The Kier molecular flexibility index (Phi) is 65.9. The summed E-state index contributed by atoms with van der Waals surface area (Å²) in [7, 11) is -1.42. The van der Waals surface area contributed by atoms with Gasteiger partial charge in [-0.3, -0.25) is 0 Å². The Labute approximate surface area is 53.9 Å². The van der Waals surface area contributed by atoms with Crippen LogP contribution in [0.5, 0.6) is 0 Å². The van der Waals surface area contributed by atoms with E-state index in [2.05, 4.69) is 0 Å². The number of rotatable bonds is 0. The predicted octanol–water partition coefficient (Wildman–Crippen LogP) is -0.406. The second-order valence-corrected chi connectivity index (χ2v) is 0.250. The van der Waals surface area contributed by atoms with Gasteiger partial charge in [-0.15, -0.1) is 0 Å². The van der Waals surface area contributed by atoms with Crippen molar-refractivity contribution in [3.63, 3.8) is 0 Å². The Bertz CT molecular complexity index is 30.6. The van der Waals surface area contributed by atoms with Gasteiger partial charge < -0.3 is 0 Å². The molecule has 0 aromatic heterocycles. The summed E-state index contributed by atoms with van der Waals surface area (Å²) in [5.41, 5.74) is 0. The van der Waals surface area contributed by atoms with Crippen LogP contribution >= 0.6 is 8.34 Å². The summed E-state index contributed by atoms with van der Waals surface area (Å²) in [4.78, 5) is 0. The molecule has 22 valence electrons. The van der Waals surface area contributed by atoms with Crippen LogP contribution in [0.1, 0.15) is 0 Å². The average Bonchev–Trinajstić information content (AvgIpc) is 0.918. The molecule has 0 heterocycles. The zero-order valence-electron chi connectivity index (χ0n) is 2.89. The van der Waals surface area contributed by atoms with Crippen molar-refractivity contribution in [2.75, 3.05) is 0 Å². The van der Waals surface area contributed by atoms with Crippen molar-refractivity contribution < 1.29 is 9.13 Å². The first-order valence-corrected chi connectivity index (χ1v) is 1.22. The molecule has 0 aliphatic rings. The van der Waals surface area contributed by atoms with Crippen molar-refractivity contribution in [2.24, 2.45) is 0 Å². The fourth-order valence-corrected chi connectivity index (χ4v) is 0. The van der Waals surface area contributed by atoms with Gasteiger partial charge in [0, 0.05) is 36.2 Å². The van der Waals surface area contributed by atoms with E-state index in [1.54, 1.807) is 0 Å². The van der Waals surface area contributed by atoms with Crippen LogP contribution in [0, 0.1) is 0 Å². The Morgan fingerprint density at radius 3 is 1.20 bits per heavy atom. The van der Waals surface area contributed by atoms with Gasteiger partial charge in [-0.05, 0) is 0 Å². The van der Waals surface area contributed by atoms with Gasteiger partial charge in [0.05, 0.1) is 0 Å². The second-order valence-electron chi connectivity index (χ2n) is 0.0833. The molecule has 4 radical (unpaired) electrons. The standard InChI is InChI=1S/Al.Li.HO2P/c;;1-3-2/h;;3H. The van der Waals surface area contributed by atoms with Crippen molar-refractivity contribution in [3.05, 3.63) is 0 Å². The third-order valence-corrected chi connectivity index (χ3v) is 0. The summed E-state index contributed by atoms with van der Waals surface area (Å²) < 4.78 is 16.8. The van der Waals surface area contributed by atoms with Crippen LogP contribution in [0.4, 0.5) is 0 Å². The number of hydrogen-bond acceptors (Lipinski definition) is 2. The Morgan fingerprint density at radius 1 is 1.20 bits per heavy atom. The minimum absolute atomic E-state index is 0. The van der Waals surface area contributed by atoms with E-state index < -0.39 is 8.34 Å². The molecule has 0 aliphatic heterocycles. The molecule has 2 nitrogen and oxygen atoms in total. The first-order valence-electron chi connectivity index (χ1n) is 0.408. The molecule has 0 fully saturated rings. The SMILES string of the molecule is O=[PH]=O.[Al].[Li]. The Hall–Kier alpha value is 1.03. The van der Waals surface area contributed by atoms with Gasteiger partial charge in [0.2, 0.25) is 0 Å². The molecule has 5 heavy (non-hydrogen) atoms. The summed E-state index contributed by atoms with van der Waals surface area (Å²) in [5.74, 6) is 0. The van der Waals surface area contributed by atoms with Gasteiger partial charge in [-0.2, -0.15) is 0 Å². The van der Waals surface area contributed by atoms with Gasteiger partial charge in [0.1, 0.15) is 0 Å². The molecule has 0 N–H and O–H groups in total. The number of hydrogen-bond donors (Lipinski definition) is 0. The molecule has 0 aliphatic carbocycles. The maximum Gasteiger partial charge on any atom is 0.303 e. The van der Waals surface area contributed by atoms with Crippen LogP contribution in [0.25, 0.3) is 0 Å². The van der Waals surface area contributed by atoms with E-state index in [4.69, 9.17) is 9.13 Å². The van der Waals surface area contributed by atoms with E-state index in [0.29, 0.717) is 0 Å². The topological polar surface area (TPSA) is 34.1 Å². The van der Waals surface area contributed by atoms with Gasteiger partial charge in [-0.25, -0.2) is 9.13 Å². The fourth-order valence-electron chi connectivity index (χ4n) is 0. The molecule has 0 saturated heterocycles. The van der Waals surface area contributed by atoms with Gasteiger partial charge in [0.25, 0.3) is 0 Å². The van der Waals surface area contributed by atoms with Crippen LogP contribution in [0.3, 0.4) is 0 Å². The first kappa shape index (κ1) is 16.6. The Morgan fingerprint density at radius 2 is 1.20 bits per heavy atom. The molecule has 0 atom stereocenters. The maximum absolute atomic E-state index is 8.40. The van der Waals surface area contributed by atoms with Gasteiger partial charge in [0.15, 0.2) is 0 Å². The van der Waals surface area contributed by atoms with Crippen LogP contribution in [-0.4, -0.2) is 36.2 Å². The average molecular weight is 97.9 g/mol. The zero-order chi connectivity index (χ0) is 2.71. The smallest absolute Gasteiger partial charge is 0.241 e. The Balaban J connectivity index is -0.0000000200. The van der Waals surface area contributed by atoms with Crippen LogP contribution < -0.4 is 0 Å². The van der Waals surface area contributed by atoms with Crippen molar-refractivity contribution in [3.8, 4) is 0 Å². The minimum atomic E-state index is -1.42. The maximum atomic E-state index is 8.40. The summed E-state index contributed by atoms with van der Waals surface area (Å²) in [5, 5.41) is 0. The normalized spacial score (nSPS) is 2.40. The molecule has 0 aromatic carbocycles. The molecular weight excluding hydrogens is 96.9 g/mol. The molecule has 5 heteroatoms. The molecule has 0 rings (SSSR count). The van der Waals surface area contributed by atoms with E-state index in [0.717, 1.165) is 0 Å². The third-order valence-electron chi connectivity index (χ3n) is 0. The molecule has 0 bridgehead atoms. The fraction of sp³-hybridized carbons (Fsp3) is 0. The third kappa shape index (κ3) is 43.5. The van der Waals surface area contributed by atoms with Crippen molar-refractivity contribution in [1.82, 2.24) is 0 Å². The molecular formula is HAlLiO2P. The largest absolute Gasteiger partial charge is 0.303 e. The first-order chi connectivity index (χ1) is 1.41. The summed E-state index contributed by atoms with van der Waals surface area (Å²) >= 11 is 0. The van der Waals surface area contributed by atoms with Crippen LogP contribution in [0.15, 0.2) is 0 Å². The van der Waals surface area contributed by atoms with E-state index in [1.807, 2.05) is 0 Å². The molecule has 0 spiro atoms. The summed E-state index contributed by atoms with van der Waals surface area (Å²) in [6.45, 7) is 0. The quantitative estimate of drug-likeness (QED) is 0.305. The van der Waals surface area contributed by atoms with E-state index in [-0.39, 0.29) is 36.2 Å². The van der Waals surface area contributed by atoms with Crippen molar-refractivity contribution >= 4 is 44.6 Å². The second kappa shape index (κ2) is 19.8. The van der Waals surface area contributed by atoms with Crippen molar-refractivity contribution in [2.45, 2.75) is 0 Å². The van der Waals surface area contributed by atoms with Crippen LogP contribution in [0.2, 0.25) is 0 Å². The molecule has 0 unspecified atom stereocenters. The summed E-state index contributed by atoms with van der Waals surface area (Å²) in [6.07, 6.45) is 0. The van der Waals surface area contributed by atoms with Crippen molar-refractivity contribution in [1.29, 1.82) is 0 Å². The minimum Gasteiger partial charge on any atom is -0.241 e. The van der Waals surface area contributed by atoms with Gasteiger partial charge >= 0.3 is 8.34 Å². The van der Waals surface area contributed by atoms with Crippen LogP contribution in [-0.2, 0) is 9.13 Å². The molecule has 0 amide bonds. The van der Waals surface area contributed by atoms with Gasteiger partial charge in [-0.1, -0.05) is 0 Å².